The predicted molar refractivity (Wildman–Crippen MR) is 66.9 cm³/mol. The maximum Gasteiger partial charge on any atom is 0.0853 e. The Balaban J connectivity index is 0.000000963. The molecule has 1 atom stereocenters. The second-order valence-corrected chi connectivity index (χ2v) is 4.89. The van der Waals surface area contributed by atoms with Gasteiger partial charge in [0.1, 0.15) is 0 Å². The first kappa shape index (κ1) is 11.9. The minimum Gasteiger partial charge on any atom is -0.388 e. The average Bonchev–Trinajstić information content (AvgIpc) is 2.54. The van der Waals surface area contributed by atoms with E-state index in [1.807, 2.05) is 6.07 Å². The lowest BCUT2D eigenvalue weighted by atomic mass is 9.74. The molecule has 16 heavy (non-hydrogen) atoms. The zero-order chi connectivity index (χ0) is 10.3. The number of piperidine rings is 1. The Morgan fingerprint density at radius 2 is 1.88 bits per heavy atom. The Labute approximate surface area is 102 Å². The van der Waals surface area contributed by atoms with E-state index >= 15 is 0 Å². The van der Waals surface area contributed by atoms with Crippen LogP contribution in [-0.2, 0) is 6.42 Å². The van der Waals surface area contributed by atoms with E-state index < -0.39 is 0 Å². The molecule has 1 aromatic carbocycles. The summed E-state index contributed by atoms with van der Waals surface area (Å²) in [5.74, 6) is 0. The molecule has 3 rings (SSSR count). The first-order valence-electron chi connectivity index (χ1n) is 5.78. The highest BCUT2D eigenvalue weighted by molar-refractivity contribution is 5.85. The Morgan fingerprint density at radius 1 is 1.19 bits per heavy atom. The minimum atomic E-state index is -0.240. The number of hydrogen-bond acceptors (Lipinski definition) is 2. The van der Waals surface area contributed by atoms with Crippen LogP contribution in [0.5, 0.6) is 0 Å². The van der Waals surface area contributed by atoms with Crippen LogP contribution in [0.2, 0.25) is 0 Å². The zero-order valence-electron chi connectivity index (χ0n) is 9.28. The Bertz CT molecular complexity index is 374. The van der Waals surface area contributed by atoms with E-state index in [1.54, 1.807) is 0 Å². The third-order valence-electron chi connectivity index (χ3n) is 4.07. The van der Waals surface area contributed by atoms with Gasteiger partial charge in [-0.3, -0.25) is 0 Å². The van der Waals surface area contributed by atoms with Crippen LogP contribution in [0.4, 0.5) is 0 Å². The molecule has 1 aliphatic carbocycles. The van der Waals surface area contributed by atoms with Gasteiger partial charge in [0, 0.05) is 5.41 Å². The maximum absolute atomic E-state index is 10.4. The van der Waals surface area contributed by atoms with Crippen LogP contribution in [0.1, 0.15) is 30.1 Å². The smallest absolute Gasteiger partial charge is 0.0853 e. The fraction of sp³-hybridized carbons (Fsp3) is 0.538. The van der Waals surface area contributed by atoms with Crippen molar-refractivity contribution in [2.75, 3.05) is 13.1 Å². The standard InChI is InChI=1S/C13H17NO.ClH/c15-12-11-4-2-1-3-10(11)9-13(12)5-7-14-8-6-13;/h1-4,12,14-15H,5-9H2;1H. The SMILES string of the molecule is Cl.OC1c2ccccc2CC12CCNCC2. The molecule has 1 aromatic rings. The molecule has 2 N–H and O–H groups in total. The molecular weight excluding hydrogens is 222 g/mol. The molecule has 1 spiro atoms. The van der Waals surface area contributed by atoms with Crippen LogP contribution >= 0.6 is 12.4 Å². The van der Waals surface area contributed by atoms with Gasteiger partial charge in [0.2, 0.25) is 0 Å². The molecule has 2 aliphatic rings. The van der Waals surface area contributed by atoms with E-state index in [-0.39, 0.29) is 23.9 Å². The van der Waals surface area contributed by atoms with Gasteiger partial charge in [0.05, 0.1) is 6.10 Å². The summed E-state index contributed by atoms with van der Waals surface area (Å²) in [6.07, 6.45) is 3.02. The number of aliphatic hydroxyl groups is 1. The summed E-state index contributed by atoms with van der Waals surface area (Å²) in [6, 6.07) is 8.35. The number of benzene rings is 1. The van der Waals surface area contributed by atoms with Crippen LogP contribution in [-0.4, -0.2) is 18.2 Å². The van der Waals surface area contributed by atoms with Crippen molar-refractivity contribution in [2.45, 2.75) is 25.4 Å². The van der Waals surface area contributed by atoms with Gasteiger partial charge in [0.25, 0.3) is 0 Å². The maximum atomic E-state index is 10.4. The normalized spacial score (nSPS) is 26.2. The van der Waals surface area contributed by atoms with E-state index in [4.69, 9.17) is 0 Å². The van der Waals surface area contributed by atoms with Crippen molar-refractivity contribution >= 4 is 12.4 Å². The molecule has 1 fully saturated rings. The molecular formula is C13H18ClNO. The Hall–Kier alpha value is -0.570. The monoisotopic (exact) mass is 239 g/mol. The van der Waals surface area contributed by atoms with Gasteiger partial charge in [-0.2, -0.15) is 0 Å². The predicted octanol–water partition coefficient (Wildman–Crippen LogP) is 2.07. The lowest BCUT2D eigenvalue weighted by Gasteiger charge is -2.37. The van der Waals surface area contributed by atoms with Gasteiger partial charge in [-0.1, -0.05) is 24.3 Å². The Kier molecular flexibility index (Phi) is 3.24. The third kappa shape index (κ3) is 1.65. The van der Waals surface area contributed by atoms with Crippen LogP contribution in [0.25, 0.3) is 0 Å². The van der Waals surface area contributed by atoms with E-state index in [1.165, 1.54) is 11.1 Å². The van der Waals surface area contributed by atoms with Gasteiger partial charge in [0.15, 0.2) is 0 Å². The first-order chi connectivity index (χ1) is 7.32. The zero-order valence-corrected chi connectivity index (χ0v) is 10.1. The summed E-state index contributed by atoms with van der Waals surface area (Å²) >= 11 is 0. The van der Waals surface area contributed by atoms with Gasteiger partial charge in [-0.15, -0.1) is 12.4 Å². The molecule has 1 unspecified atom stereocenters. The van der Waals surface area contributed by atoms with E-state index in [0.29, 0.717) is 0 Å². The minimum absolute atomic E-state index is 0. The topological polar surface area (TPSA) is 32.3 Å². The van der Waals surface area contributed by atoms with Gasteiger partial charge < -0.3 is 10.4 Å². The average molecular weight is 240 g/mol. The largest absolute Gasteiger partial charge is 0.388 e. The van der Waals surface area contributed by atoms with Crippen molar-refractivity contribution in [3.8, 4) is 0 Å². The molecule has 0 bridgehead atoms. The number of halogens is 1. The highest BCUT2D eigenvalue weighted by Crippen LogP contribution is 2.50. The molecule has 0 saturated carbocycles. The summed E-state index contributed by atoms with van der Waals surface area (Å²) in [5, 5.41) is 13.8. The van der Waals surface area contributed by atoms with Gasteiger partial charge >= 0.3 is 0 Å². The summed E-state index contributed by atoms with van der Waals surface area (Å²) in [7, 11) is 0. The molecule has 1 saturated heterocycles. The summed E-state index contributed by atoms with van der Waals surface area (Å²) in [5.41, 5.74) is 2.65. The van der Waals surface area contributed by atoms with E-state index in [0.717, 1.165) is 32.4 Å². The van der Waals surface area contributed by atoms with Crippen LogP contribution in [0, 0.1) is 5.41 Å². The van der Waals surface area contributed by atoms with Crippen molar-refractivity contribution in [2.24, 2.45) is 5.41 Å². The highest BCUT2D eigenvalue weighted by atomic mass is 35.5. The number of rotatable bonds is 0. The molecule has 0 amide bonds. The number of nitrogens with one attached hydrogen (secondary N) is 1. The molecule has 3 heteroatoms. The Morgan fingerprint density at radius 3 is 2.56 bits per heavy atom. The van der Waals surface area contributed by atoms with Crippen LogP contribution in [0.15, 0.2) is 24.3 Å². The molecule has 1 heterocycles. The van der Waals surface area contributed by atoms with Gasteiger partial charge in [-0.05, 0) is 43.5 Å². The van der Waals surface area contributed by atoms with Crippen molar-refractivity contribution in [1.82, 2.24) is 5.32 Å². The third-order valence-corrected chi connectivity index (χ3v) is 4.07. The molecule has 0 aromatic heterocycles. The quantitative estimate of drug-likeness (QED) is 0.727. The number of fused-ring (bicyclic) bond motifs is 1. The second-order valence-electron chi connectivity index (χ2n) is 4.89. The van der Waals surface area contributed by atoms with E-state index in [2.05, 4.69) is 23.5 Å². The molecule has 2 nitrogen and oxygen atoms in total. The van der Waals surface area contributed by atoms with Gasteiger partial charge in [-0.25, -0.2) is 0 Å². The first-order valence-corrected chi connectivity index (χ1v) is 5.78. The molecule has 88 valence electrons. The second kappa shape index (κ2) is 4.36. The summed E-state index contributed by atoms with van der Waals surface area (Å²) in [4.78, 5) is 0. The van der Waals surface area contributed by atoms with Crippen LogP contribution in [0.3, 0.4) is 0 Å². The van der Waals surface area contributed by atoms with E-state index in [9.17, 15) is 5.11 Å². The summed E-state index contributed by atoms with van der Waals surface area (Å²) in [6.45, 7) is 2.09. The fourth-order valence-corrected chi connectivity index (χ4v) is 3.14. The number of aliphatic hydroxyl groups excluding tert-OH is 1. The van der Waals surface area contributed by atoms with Crippen LogP contribution < -0.4 is 5.32 Å². The lowest BCUT2D eigenvalue weighted by molar-refractivity contribution is 0.0150. The van der Waals surface area contributed by atoms with Crippen molar-refractivity contribution < 1.29 is 5.11 Å². The summed E-state index contributed by atoms with van der Waals surface area (Å²) < 4.78 is 0. The molecule has 0 radical (unpaired) electrons. The lowest BCUT2D eigenvalue weighted by Crippen LogP contribution is -2.39. The highest BCUT2D eigenvalue weighted by Gasteiger charge is 2.45. The van der Waals surface area contributed by atoms with Crippen molar-refractivity contribution in [3.05, 3.63) is 35.4 Å². The van der Waals surface area contributed by atoms with Crippen molar-refractivity contribution in [1.29, 1.82) is 0 Å². The fourth-order valence-electron chi connectivity index (χ4n) is 3.14. The number of hydrogen-bond donors (Lipinski definition) is 2. The van der Waals surface area contributed by atoms with Crippen molar-refractivity contribution in [3.63, 3.8) is 0 Å². The molecule has 1 aliphatic heterocycles.